The highest BCUT2D eigenvalue weighted by Crippen LogP contribution is 2.11. The van der Waals surface area contributed by atoms with Crippen molar-refractivity contribution < 1.29 is 14.7 Å². The van der Waals surface area contributed by atoms with Crippen molar-refractivity contribution in [2.75, 3.05) is 79.0 Å². The molecule has 0 aromatic heterocycles. The number of carboxylic acids is 1. The van der Waals surface area contributed by atoms with Gasteiger partial charge in [-0.25, -0.2) is 0 Å². The fraction of sp³-hybridized carbons (Fsp3) is 0.905. The molecule has 1 aliphatic rings. The summed E-state index contributed by atoms with van der Waals surface area (Å²) >= 11 is 0. The molecule has 0 aromatic rings. The van der Waals surface area contributed by atoms with Gasteiger partial charge in [-0.15, -0.1) is 0 Å². The van der Waals surface area contributed by atoms with E-state index < -0.39 is 11.5 Å². The highest BCUT2D eigenvalue weighted by atomic mass is 16.4. The molecule has 8 N–H and O–H groups in total. The number of carbonyl (C=O) groups is 2. The lowest BCUT2D eigenvalue weighted by molar-refractivity contribution is -0.137. The van der Waals surface area contributed by atoms with Crippen molar-refractivity contribution in [1.82, 2.24) is 37.2 Å². The van der Waals surface area contributed by atoms with Crippen LogP contribution >= 0.6 is 0 Å². The largest absolute Gasteiger partial charge is 0.481 e. The van der Waals surface area contributed by atoms with Gasteiger partial charge < -0.3 is 42.3 Å². The van der Waals surface area contributed by atoms with E-state index in [1.165, 1.54) is 0 Å². The maximum absolute atomic E-state index is 12.6. The third-order valence-corrected chi connectivity index (χ3v) is 5.31. The Morgan fingerprint density at radius 1 is 0.871 bits per heavy atom. The summed E-state index contributed by atoms with van der Waals surface area (Å²) < 4.78 is 0. The maximum atomic E-state index is 12.6. The summed E-state index contributed by atoms with van der Waals surface area (Å²) in [5, 5.41) is 32.6. The number of likely N-dealkylation sites (N-methyl/N-ethyl adjacent to an activating group) is 1. The Bertz CT molecular complexity index is 499. The molecule has 1 saturated heterocycles. The predicted molar refractivity (Wildman–Crippen MR) is 124 cm³/mol. The monoisotopic (exact) mass is 443 g/mol. The Hall–Kier alpha value is -1.30. The molecular formula is C21H45N7O3. The molecule has 1 aliphatic heterocycles. The molecule has 1 heterocycles. The molecule has 0 saturated carbocycles. The van der Waals surface area contributed by atoms with Gasteiger partial charge in [0.1, 0.15) is 0 Å². The smallest absolute Gasteiger partial charge is 0.303 e. The number of carboxylic acid groups (broad SMARTS) is 1. The Balaban J connectivity index is 2.75. The van der Waals surface area contributed by atoms with Crippen molar-refractivity contribution in [2.24, 2.45) is 5.41 Å². The summed E-state index contributed by atoms with van der Waals surface area (Å²) in [7, 11) is 1.91. The third kappa shape index (κ3) is 13.7. The van der Waals surface area contributed by atoms with E-state index in [0.717, 1.165) is 52.4 Å². The summed E-state index contributed by atoms with van der Waals surface area (Å²) in [6.07, 6.45) is 0.558. The third-order valence-electron chi connectivity index (χ3n) is 5.31. The topological polar surface area (TPSA) is 139 Å². The summed E-state index contributed by atoms with van der Waals surface area (Å²) in [5.74, 6) is -0.986. The molecule has 31 heavy (non-hydrogen) atoms. The van der Waals surface area contributed by atoms with Gasteiger partial charge in [0.05, 0.1) is 5.54 Å². The van der Waals surface area contributed by atoms with E-state index in [2.05, 4.69) is 51.1 Å². The van der Waals surface area contributed by atoms with Gasteiger partial charge in [0, 0.05) is 84.8 Å². The minimum absolute atomic E-state index is 0.00499. The molecule has 0 bridgehead atoms. The first kappa shape index (κ1) is 27.7. The van der Waals surface area contributed by atoms with E-state index >= 15 is 0 Å². The van der Waals surface area contributed by atoms with E-state index in [9.17, 15) is 9.59 Å². The number of carbonyl (C=O) groups excluding carboxylic acids is 1. The van der Waals surface area contributed by atoms with Crippen LogP contribution in [0.1, 0.15) is 33.1 Å². The second-order valence-corrected chi connectivity index (χ2v) is 9.23. The van der Waals surface area contributed by atoms with E-state index in [0.29, 0.717) is 26.1 Å². The van der Waals surface area contributed by atoms with Gasteiger partial charge in [0.25, 0.3) is 0 Å². The molecule has 0 spiro atoms. The summed E-state index contributed by atoms with van der Waals surface area (Å²) in [6, 6.07) is 0. The average molecular weight is 444 g/mol. The number of hydrogen-bond donors (Lipinski definition) is 8. The first-order chi connectivity index (χ1) is 14.8. The van der Waals surface area contributed by atoms with E-state index in [-0.39, 0.29) is 24.2 Å². The molecule has 0 aliphatic carbocycles. The first-order valence-corrected chi connectivity index (χ1v) is 11.5. The van der Waals surface area contributed by atoms with Crippen molar-refractivity contribution in [2.45, 2.75) is 38.6 Å². The van der Waals surface area contributed by atoms with Crippen LogP contribution in [-0.4, -0.2) is 102 Å². The van der Waals surface area contributed by atoms with Crippen molar-refractivity contribution in [3.05, 3.63) is 0 Å². The Morgan fingerprint density at radius 3 is 1.94 bits per heavy atom. The second-order valence-electron chi connectivity index (χ2n) is 9.23. The van der Waals surface area contributed by atoms with Crippen molar-refractivity contribution in [1.29, 1.82) is 0 Å². The normalized spacial score (nSPS) is 20.5. The zero-order chi connectivity index (χ0) is 23.0. The van der Waals surface area contributed by atoms with Crippen LogP contribution in [0.4, 0.5) is 0 Å². The van der Waals surface area contributed by atoms with E-state index in [4.69, 9.17) is 5.11 Å². The summed E-state index contributed by atoms with van der Waals surface area (Å²) in [6.45, 7) is 13.2. The quantitative estimate of drug-likeness (QED) is 0.186. The maximum Gasteiger partial charge on any atom is 0.303 e. The number of hydrogen-bond acceptors (Lipinski definition) is 8. The van der Waals surface area contributed by atoms with Crippen LogP contribution in [0.25, 0.3) is 0 Å². The van der Waals surface area contributed by atoms with Gasteiger partial charge >= 0.3 is 5.97 Å². The van der Waals surface area contributed by atoms with Crippen molar-refractivity contribution in [3.63, 3.8) is 0 Å². The molecule has 1 amide bonds. The Morgan fingerprint density at radius 2 is 1.42 bits per heavy atom. The highest BCUT2D eigenvalue weighted by Gasteiger charge is 2.31. The number of nitrogens with one attached hydrogen (secondary N) is 7. The minimum atomic E-state index is -0.874. The van der Waals surface area contributed by atoms with Gasteiger partial charge in [-0.3, -0.25) is 9.59 Å². The lowest BCUT2D eigenvalue weighted by atomic mass is 9.93. The van der Waals surface area contributed by atoms with E-state index in [1.807, 2.05) is 7.05 Å². The summed E-state index contributed by atoms with van der Waals surface area (Å²) in [4.78, 5) is 23.4. The molecule has 0 radical (unpaired) electrons. The second kappa shape index (κ2) is 15.5. The molecule has 10 nitrogen and oxygen atoms in total. The molecular weight excluding hydrogens is 398 g/mol. The molecule has 0 aromatic carbocycles. The molecule has 10 heteroatoms. The van der Waals surface area contributed by atoms with Crippen LogP contribution in [0.2, 0.25) is 0 Å². The zero-order valence-electron chi connectivity index (χ0n) is 19.7. The van der Waals surface area contributed by atoms with E-state index in [1.54, 1.807) is 0 Å². The molecule has 1 rings (SSSR count). The predicted octanol–water partition coefficient (Wildman–Crippen LogP) is -1.70. The highest BCUT2D eigenvalue weighted by molar-refractivity contribution is 5.77. The average Bonchev–Trinajstić information content (AvgIpc) is 2.69. The lowest BCUT2D eigenvalue weighted by Crippen LogP contribution is -2.65. The Labute approximate surface area is 187 Å². The van der Waals surface area contributed by atoms with Crippen LogP contribution in [-0.2, 0) is 9.59 Å². The molecule has 182 valence electrons. The van der Waals surface area contributed by atoms with Crippen LogP contribution < -0.4 is 37.2 Å². The van der Waals surface area contributed by atoms with Gasteiger partial charge in [0.15, 0.2) is 0 Å². The van der Waals surface area contributed by atoms with Crippen molar-refractivity contribution in [3.8, 4) is 0 Å². The first-order valence-electron chi connectivity index (χ1n) is 11.5. The van der Waals surface area contributed by atoms with Crippen LogP contribution in [0.5, 0.6) is 0 Å². The van der Waals surface area contributed by atoms with Crippen LogP contribution in [0.3, 0.4) is 0 Å². The lowest BCUT2D eigenvalue weighted by Gasteiger charge is -2.36. The number of amides is 1. The standard InChI is InChI=1S/C21H45N7O3/c1-20(2)13-23-9-11-26-16-21(15-25-8-7-22-3,17-27-12-10-24-14-20)28-18(29)5-4-6-19(30)31/h22-27H,4-17H2,1-3H3,(H,28,29)(H,30,31). The van der Waals surface area contributed by atoms with Crippen LogP contribution in [0.15, 0.2) is 0 Å². The minimum Gasteiger partial charge on any atom is -0.481 e. The van der Waals surface area contributed by atoms with Crippen molar-refractivity contribution >= 4 is 11.9 Å². The SMILES string of the molecule is CNCCNCC1(NC(=O)CCCC(=O)O)CNCCNCC(C)(C)CNCCNC1. The molecule has 0 unspecified atom stereocenters. The number of aliphatic carboxylic acids is 1. The molecule has 1 fully saturated rings. The fourth-order valence-electron chi connectivity index (χ4n) is 3.54. The van der Waals surface area contributed by atoms with Gasteiger partial charge in [-0.2, -0.15) is 0 Å². The van der Waals surface area contributed by atoms with Gasteiger partial charge in [-0.05, 0) is 18.9 Å². The Kier molecular flexibility index (Phi) is 13.9. The van der Waals surface area contributed by atoms with Gasteiger partial charge in [0.2, 0.25) is 5.91 Å². The fourth-order valence-corrected chi connectivity index (χ4v) is 3.54. The summed E-state index contributed by atoms with van der Waals surface area (Å²) in [5.41, 5.74) is -0.313. The zero-order valence-corrected chi connectivity index (χ0v) is 19.7. The van der Waals surface area contributed by atoms with Crippen LogP contribution in [0, 0.1) is 5.41 Å². The molecule has 0 atom stereocenters. The van der Waals surface area contributed by atoms with Gasteiger partial charge in [-0.1, -0.05) is 13.8 Å². The number of rotatable bonds is 10.